The molecule has 1 fully saturated rings. The van der Waals surface area contributed by atoms with Crippen molar-refractivity contribution in [3.63, 3.8) is 0 Å². The van der Waals surface area contributed by atoms with Crippen LogP contribution in [0.15, 0.2) is 30.3 Å². The van der Waals surface area contributed by atoms with Crippen molar-refractivity contribution in [3.8, 4) is 0 Å². The number of methoxy groups -OCH3 is 1. The van der Waals surface area contributed by atoms with E-state index in [0.29, 0.717) is 18.4 Å². The number of nitrogens with zero attached hydrogens (tertiary/aromatic N) is 2. The number of hydrogen-bond donors (Lipinski definition) is 2. The Labute approximate surface area is 160 Å². The summed E-state index contributed by atoms with van der Waals surface area (Å²) in [5.41, 5.74) is -0.806. The van der Waals surface area contributed by atoms with E-state index in [9.17, 15) is 22.7 Å². The summed E-state index contributed by atoms with van der Waals surface area (Å²) in [6, 6.07) is 6.83. The van der Waals surface area contributed by atoms with Gasteiger partial charge in [0.15, 0.2) is 11.9 Å². The molecule has 0 aliphatic heterocycles. The highest BCUT2D eigenvalue weighted by Crippen LogP contribution is 2.34. The molecule has 9 heteroatoms. The smallest absolute Gasteiger partial charge is 0.381 e. The molecule has 154 valence electrons. The number of alkyl halides is 3. The molecule has 0 saturated heterocycles. The van der Waals surface area contributed by atoms with Gasteiger partial charge < -0.3 is 9.84 Å². The van der Waals surface area contributed by atoms with Gasteiger partial charge in [0.05, 0.1) is 11.8 Å². The Morgan fingerprint density at radius 3 is 2.50 bits per heavy atom. The third kappa shape index (κ3) is 4.71. The molecule has 5 nitrogen and oxygen atoms in total. The Balaban J connectivity index is 1.85. The molecule has 1 atom stereocenters. The van der Waals surface area contributed by atoms with Crippen molar-refractivity contribution in [2.24, 2.45) is 0 Å². The number of aliphatic hydroxyl groups excluding tert-OH is 1. The Kier molecular flexibility index (Phi) is 6.36. The monoisotopic (exact) mass is 401 g/mol. The van der Waals surface area contributed by atoms with E-state index in [-0.39, 0.29) is 24.4 Å². The van der Waals surface area contributed by atoms with Crippen LogP contribution in [0, 0.1) is 5.82 Å². The molecule has 1 heterocycles. The van der Waals surface area contributed by atoms with Crippen molar-refractivity contribution in [1.82, 2.24) is 15.1 Å². The van der Waals surface area contributed by atoms with Gasteiger partial charge in [0, 0.05) is 25.3 Å². The van der Waals surface area contributed by atoms with Crippen molar-refractivity contribution in [1.29, 1.82) is 0 Å². The molecule has 1 aliphatic carbocycles. The number of H-pyrrole nitrogens is 1. The lowest BCUT2D eigenvalue weighted by Crippen LogP contribution is -2.41. The highest BCUT2D eigenvalue weighted by atomic mass is 19.4. The van der Waals surface area contributed by atoms with E-state index >= 15 is 0 Å². The zero-order chi connectivity index (χ0) is 20.3. The molecule has 2 N–H and O–H groups in total. The van der Waals surface area contributed by atoms with Crippen LogP contribution in [-0.2, 0) is 17.5 Å². The van der Waals surface area contributed by atoms with Gasteiger partial charge in [0.25, 0.3) is 0 Å². The van der Waals surface area contributed by atoms with E-state index in [4.69, 9.17) is 4.74 Å². The van der Waals surface area contributed by atoms with Gasteiger partial charge in [-0.05, 0) is 37.8 Å². The number of nitrogens with one attached hydrogen (secondary N) is 1. The Morgan fingerprint density at radius 1 is 1.25 bits per heavy atom. The third-order valence-electron chi connectivity index (χ3n) is 5.24. The van der Waals surface area contributed by atoms with Crippen LogP contribution in [0.25, 0.3) is 0 Å². The van der Waals surface area contributed by atoms with E-state index in [0.717, 1.165) is 18.9 Å². The number of rotatable bonds is 6. The first kappa shape index (κ1) is 20.8. The number of benzene rings is 1. The van der Waals surface area contributed by atoms with Crippen molar-refractivity contribution in [2.45, 2.75) is 56.8 Å². The number of aliphatic hydroxyl groups is 1. The first-order valence-corrected chi connectivity index (χ1v) is 9.12. The second-order valence-corrected chi connectivity index (χ2v) is 7.01. The fraction of sp³-hybridized carbons (Fsp3) is 0.526. The predicted octanol–water partition coefficient (Wildman–Crippen LogP) is 4.02. The normalized spacial score (nSPS) is 21.8. The van der Waals surface area contributed by atoms with Crippen LogP contribution in [0.4, 0.5) is 17.6 Å². The first-order valence-electron chi connectivity index (χ1n) is 9.12. The van der Waals surface area contributed by atoms with Gasteiger partial charge >= 0.3 is 6.18 Å². The van der Waals surface area contributed by atoms with Crippen molar-refractivity contribution < 1.29 is 27.4 Å². The molecule has 28 heavy (non-hydrogen) atoms. The van der Waals surface area contributed by atoms with Gasteiger partial charge in [0.2, 0.25) is 0 Å². The average molecular weight is 401 g/mol. The SMILES string of the molecule is COC1CCC(N(Cc2ccccc2F)C(O)c2cc(C(F)(F)F)n[nH]2)CC1. The molecule has 0 bridgehead atoms. The topological polar surface area (TPSA) is 61.4 Å². The maximum Gasteiger partial charge on any atom is 0.435 e. The molecule has 0 radical (unpaired) electrons. The van der Waals surface area contributed by atoms with E-state index < -0.39 is 23.9 Å². The van der Waals surface area contributed by atoms with E-state index in [1.165, 1.54) is 6.07 Å². The summed E-state index contributed by atoms with van der Waals surface area (Å²) in [6.07, 6.45) is -2.97. The van der Waals surface area contributed by atoms with Gasteiger partial charge in [-0.3, -0.25) is 10.00 Å². The van der Waals surface area contributed by atoms with Crippen molar-refractivity contribution >= 4 is 0 Å². The van der Waals surface area contributed by atoms with Gasteiger partial charge in [-0.2, -0.15) is 18.3 Å². The molecular weight excluding hydrogens is 378 g/mol. The highest BCUT2D eigenvalue weighted by Gasteiger charge is 2.36. The van der Waals surface area contributed by atoms with Crippen molar-refractivity contribution in [2.75, 3.05) is 7.11 Å². The second-order valence-electron chi connectivity index (χ2n) is 7.01. The Bertz CT molecular complexity index is 773. The van der Waals surface area contributed by atoms with Gasteiger partial charge in [-0.1, -0.05) is 18.2 Å². The number of hydrogen-bond acceptors (Lipinski definition) is 4. The fourth-order valence-electron chi connectivity index (χ4n) is 3.64. The molecule has 0 spiro atoms. The van der Waals surface area contributed by atoms with Crippen LogP contribution >= 0.6 is 0 Å². The van der Waals surface area contributed by atoms with Gasteiger partial charge in [-0.25, -0.2) is 4.39 Å². The maximum absolute atomic E-state index is 14.2. The van der Waals surface area contributed by atoms with E-state index in [2.05, 4.69) is 10.2 Å². The predicted molar refractivity (Wildman–Crippen MR) is 93.5 cm³/mol. The third-order valence-corrected chi connectivity index (χ3v) is 5.24. The largest absolute Gasteiger partial charge is 0.435 e. The lowest BCUT2D eigenvalue weighted by molar-refractivity contribution is -0.141. The lowest BCUT2D eigenvalue weighted by Gasteiger charge is -2.39. The first-order chi connectivity index (χ1) is 13.3. The van der Waals surface area contributed by atoms with Gasteiger partial charge in [-0.15, -0.1) is 0 Å². The minimum absolute atomic E-state index is 0.0660. The van der Waals surface area contributed by atoms with Crippen molar-refractivity contribution in [3.05, 3.63) is 53.1 Å². The molecule has 1 aliphatic rings. The summed E-state index contributed by atoms with van der Waals surface area (Å²) in [6.45, 7) is 0.0660. The number of aromatic amines is 1. The van der Waals surface area contributed by atoms with Crippen LogP contribution in [0.1, 0.15) is 48.9 Å². The van der Waals surface area contributed by atoms with Crippen LogP contribution in [0.5, 0.6) is 0 Å². The Hall–Kier alpha value is -1.97. The fourth-order valence-corrected chi connectivity index (χ4v) is 3.64. The van der Waals surface area contributed by atoms with Crippen LogP contribution in [0.2, 0.25) is 0 Å². The summed E-state index contributed by atoms with van der Waals surface area (Å²) in [4.78, 5) is 1.62. The summed E-state index contributed by atoms with van der Waals surface area (Å²) in [5, 5.41) is 16.3. The quantitative estimate of drug-likeness (QED) is 0.567. The average Bonchev–Trinajstić information content (AvgIpc) is 3.18. The van der Waals surface area contributed by atoms with Crippen LogP contribution in [0.3, 0.4) is 0 Å². The summed E-state index contributed by atoms with van der Waals surface area (Å²) in [7, 11) is 1.64. The zero-order valence-electron chi connectivity index (χ0n) is 15.4. The highest BCUT2D eigenvalue weighted by molar-refractivity contribution is 5.19. The zero-order valence-corrected chi connectivity index (χ0v) is 15.4. The standard InChI is InChI=1S/C19H23F4N3O2/c1-28-14-8-6-13(7-9-14)26(11-12-4-2-3-5-15(12)20)18(27)16-10-17(25-24-16)19(21,22)23/h2-5,10,13-14,18,27H,6-9,11H2,1H3,(H,24,25). The lowest BCUT2D eigenvalue weighted by atomic mass is 9.91. The summed E-state index contributed by atoms with van der Waals surface area (Å²) >= 11 is 0. The second kappa shape index (κ2) is 8.59. The minimum atomic E-state index is -4.61. The van der Waals surface area contributed by atoms with E-state index in [1.807, 2.05) is 0 Å². The Morgan fingerprint density at radius 2 is 1.93 bits per heavy atom. The van der Waals surface area contributed by atoms with Crippen LogP contribution < -0.4 is 0 Å². The molecule has 1 aromatic carbocycles. The number of aromatic nitrogens is 2. The van der Waals surface area contributed by atoms with Crippen LogP contribution in [-0.4, -0.2) is 39.5 Å². The number of halogens is 4. The molecular formula is C19H23F4N3O2. The minimum Gasteiger partial charge on any atom is -0.381 e. The summed E-state index contributed by atoms with van der Waals surface area (Å²) in [5.74, 6) is -0.425. The molecule has 3 rings (SSSR count). The van der Waals surface area contributed by atoms with E-state index in [1.54, 1.807) is 30.2 Å². The molecule has 1 unspecified atom stereocenters. The number of ether oxygens (including phenoxy) is 1. The van der Waals surface area contributed by atoms with Gasteiger partial charge in [0.1, 0.15) is 5.82 Å². The molecule has 2 aromatic rings. The molecule has 1 saturated carbocycles. The summed E-state index contributed by atoms with van der Waals surface area (Å²) < 4.78 is 58.1. The maximum atomic E-state index is 14.2. The molecule has 1 aromatic heterocycles. The molecule has 0 amide bonds.